The van der Waals surface area contributed by atoms with Crippen molar-refractivity contribution < 1.29 is 27.0 Å². The summed E-state index contributed by atoms with van der Waals surface area (Å²) in [5.41, 5.74) is -0.0403. The summed E-state index contributed by atoms with van der Waals surface area (Å²) in [6, 6.07) is 16.0. The molecule has 0 aromatic heterocycles. The van der Waals surface area contributed by atoms with E-state index < -0.39 is 28.0 Å². The van der Waals surface area contributed by atoms with Crippen LogP contribution in [0.15, 0.2) is 90.6 Å². The third-order valence-corrected chi connectivity index (χ3v) is 7.56. The monoisotopic (exact) mass is 682 g/mol. The number of imide groups is 2. The lowest BCUT2D eigenvalue weighted by Crippen LogP contribution is -2.54. The van der Waals surface area contributed by atoms with Crippen molar-refractivity contribution in [1.82, 2.24) is 5.32 Å². The Bertz CT molecular complexity index is 1490. The Morgan fingerprint density at radius 3 is 2.17 bits per heavy atom. The lowest BCUT2D eigenvalue weighted by atomic mass is 10.1. The summed E-state index contributed by atoms with van der Waals surface area (Å²) < 4.78 is 32.6. The first-order valence-corrected chi connectivity index (χ1v) is 13.5. The van der Waals surface area contributed by atoms with Crippen molar-refractivity contribution in [3.8, 4) is 5.75 Å². The Hall–Kier alpha value is -2.80. The molecule has 0 radical (unpaired) electrons. The minimum Gasteiger partial charge on any atom is -0.377 e. The summed E-state index contributed by atoms with van der Waals surface area (Å²) in [5.74, 6) is -1.95. The van der Waals surface area contributed by atoms with Gasteiger partial charge in [-0.1, -0.05) is 50.1 Å². The molecule has 3 aromatic rings. The zero-order valence-corrected chi connectivity index (χ0v) is 22.9. The lowest BCUT2D eigenvalue weighted by molar-refractivity contribution is -0.122. The third-order valence-electron chi connectivity index (χ3n) is 4.75. The molecule has 1 N–H and O–H groups in total. The van der Waals surface area contributed by atoms with Crippen LogP contribution in [0.5, 0.6) is 5.75 Å². The van der Waals surface area contributed by atoms with E-state index in [0.29, 0.717) is 4.47 Å². The van der Waals surface area contributed by atoms with Gasteiger partial charge >= 0.3 is 16.1 Å². The first-order valence-electron chi connectivity index (χ1n) is 9.72. The molecule has 4 rings (SSSR count). The second-order valence-electron chi connectivity index (χ2n) is 7.09. The zero-order chi connectivity index (χ0) is 25.3. The zero-order valence-electron chi connectivity index (χ0n) is 17.4. The van der Waals surface area contributed by atoms with Crippen molar-refractivity contribution in [2.75, 3.05) is 4.90 Å². The number of benzene rings is 3. The van der Waals surface area contributed by atoms with Crippen molar-refractivity contribution in [3.05, 3.63) is 91.3 Å². The van der Waals surface area contributed by atoms with Gasteiger partial charge in [0.1, 0.15) is 10.5 Å². The van der Waals surface area contributed by atoms with Crippen molar-refractivity contribution in [2.24, 2.45) is 0 Å². The van der Waals surface area contributed by atoms with Gasteiger partial charge < -0.3 is 4.18 Å². The highest BCUT2D eigenvalue weighted by Gasteiger charge is 2.37. The van der Waals surface area contributed by atoms with Gasteiger partial charge in [-0.3, -0.25) is 14.9 Å². The Morgan fingerprint density at radius 1 is 0.857 bits per heavy atom. The molecule has 0 spiro atoms. The number of amides is 4. The largest absolute Gasteiger partial charge is 0.377 e. The molecule has 1 aliphatic rings. The Morgan fingerprint density at radius 2 is 1.51 bits per heavy atom. The van der Waals surface area contributed by atoms with E-state index in [-0.39, 0.29) is 31.9 Å². The van der Waals surface area contributed by atoms with Gasteiger partial charge in [-0.15, -0.1) is 0 Å². The fourth-order valence-corrected chi connectivity index (χ4v) is 5.86. The van der Waals surface area contributed by atoms with E-state index >= 15 is 0 Å². The maximum absolute atomic E-state index is 13.2. The highest BCUT2D eigenvalue weighted by molar-refractivity contribution is 9.11. The molecule has 0 aliphatic carbocycles. The smallest absolute Gasteiger partial charge is 0.339 e. The molecule has 0 bridgehead atoms. The van der Waals surface area contributed by atoms with Crippen LogP contribution in [0.4, 0.5) is 10.5 Å². The molecule has 8 nitrogen and oxygen atoms in total. The topological polar surface area (TPSA) is 110 Å². The molecule has 3 aromatic carbocycles. The van der Waals surface area contributed by atoms with Crippen molar-refractivity contribution in [2.45, 2.75) is 4.90 Å². The quantitative estimate of drug-likeness (QED) is 0.219. The minimum atomic E-state index is -4.23. The summed E-state index contributed by atoms with van der Waals surface area (Å²) in [5, 5.41) is 2.13. The second-order valence-corrected chi connectivity index (χ2v) is 11.3. The number of hydrogen-bond acceptors (Lipinski definition) is 6. The predicted molar refractivity (Wildman–Crippen MR) is 139 cm³/mol. The van der Waals surface area contributed by atoms with Crippen LogP contribution in [0.1, 0.15) is 5.56 Å². The van der Waals surface area contributed by atoms with Crippen LogP contribution in [0.3, 0.4) is 0 Å². The van der Waals surface area contributed by atoms with Gasteiger partial charge in [0, 0.05) is 14.5 Å². The summed E-state index contributed by atoms with van der Waals surface area (Å²) in [4.78, 5) is 39.0. The number of anilines is 1. The van der Waals surface area contributed by atoms with Gasteiger partial charge in [0.2, 0.25) is 0 Å². The van der Waals surface area contributed by atoms with Gasteiger partial charge in [-0.05, 0) is 70.5 Å². The highest BCUT2D eigenvalue weighted by atomic mass is 79.9. The molecule has 1 heterocycles. The van der Waals surface area contributed by atoms with Crippen LogP contribution < -0.4 is 14.4 Å². The molecule has 0 unspecified atom stereocenters. The number of carbonyl (C=O) groups is 3. The normalized spacial score (nSPS) is 15.3. The number of rotatable bonds is 5. The first-order chi connectivity index (χ1) is 16.6. The van der Waals surface area contributed by atoms with E-state index in [2.05, 4.69) is 53.1 Å². The van der Waals surface area contributed by atoms with Gasteiger partial charge in [-0.2, -0.15) is 8.42 Å². The van der Waals surface area contributed by atoms with Gasteiger partial charge in [0.15, 0.2) is 5.75 Å². The fraction of sp³-hybridized carbons (Fsp3) is 0. The highest BCUT2D eigenvalue weighted by Crippen LogP contribution is 2.37. The average Bonchev–Trinajstić information content (AvgIpc) is 2.80. The van der Waals surface area contributed by atoms with Crippen molar-refractivity contribution in [1.29, 1.82) is 0 Å². The molecule has 0 atom stereocenters. The second kappa shape index (κ2) is 10.1. The van der Waals surface area contributed by atoms with Gasteiger partial charge in [0.25, 0.3) is 11.8 Å². The summed E-state index contributed by atoms with van der Waals surface area (Å²) in [7, 11) is -4.23. The van der Waals surface area contributed by atoms with E-state index in [0.717, 1.165) is 9.37 Å². The van der Waals surface area contributed by atoms with Crippen LogP contribution in [-0.2, 0) is 19.7 Å². The Balaban J connectivity index is 1.79. The maximum atomic E-state index is 13.2. The first kappa shape index (κ1) is 25.3. The van der Waals surface area contributed by atoms with Crippen LogP contribution in [0.25, 0.3) is 6.08 Å². The Kier molecular flexibility index (Phi) is 7.27. The number of hydrogen-bond donors (Lipinski definition) is 1. The van der Waals surface area contributed by atoms with Crippen molar-refractivity contribution >= 4 is 87.5 Å². The van der Waals surface area contributed by atoms with E-state index in [1.165, 1.54) is 36.4 Å². The molecule has 12 heteroatoms. The average molecular weight is 685 g/mol. The Labute approximate surface area is 225 Å². The van der Waals surface area contributed by atoms with Gasteiger partial charge in [0.05, 0.1) is 10.2 Å². The molecule has 35 heavy (non-hydrogen) atoms. The number of nitrogens with one attached hydrogen (secondary N) is 1. The summed E-state index contributed by atoms with van der Waals surface area (Å²) in [6.45, 7) is 0. The van der Waals surface area contributed by atoms with Crippen molar-refractivity contribution in [3.63, 3.8) is 0 Å². The molecule has 0 saturated carbocycles. The molecular weight excluding hydrogens is 672 g/mol. The number of halogens is 3. The molecule has 4 amide bonds. The number of barbiturate groups is 1. The summed E-state index contributed by atoms with van der Waals surface area (Å²) in [6.07, 6.45) is 1.17. The lowest BCUT2D eigenvalue weighted by Gasteiger charge is -2.26. The standard InChI is InChI=1S/C23H13Br3N2O6S/c24-14-6-8-16(9-7-14)28-22(30)18(21(29)27-23(28)31)11-13-10-15(25)12-19(26)20(13)34-35(32,33)17-4-2-1-3-5-17/h1-12H,(H,27,29,31)/b18-11+. The van der Waals surface area contributed by atoms with E-state index in [1.54, 1.807) is 36.4 Å². The molecule has 1 aliphatic heterocycles. The van der Waals surface area contributed by atoms with E-state index in [9.17, 15) is 22.8 Å². The third kappa shape index (κ3) is 5.40. The van der Waals surface area contributed by atoms with Crippen LogP contribution >= 0.6 is 47.8 Å². The summed E-state index contributed by atoms with van der Waals surface area (Å²) >= 11 is 9.88. The minimum absolute atomic E-state index is 0.0769. The molecule has 1 saturated heterocycles. The van der Waals surface area contributed by atoms with E-state index in [4.69, 9.17) is 4.18 Å². The van der Waals surface area contributed by atoms with Gasteiger partial charge in [-0.25, -0.2) is 9.69 Å². The SMILES string of the molecule is O=C1NC(=O)N(c2ccc(Br)cc2)C(=O)/C1=C/c1cc(Br)cc(Br)c1OS(=O)(=O)c1ccccc1. The molecule has 178 valence electrons. The number of nitrogens with zero attached hydrogens (tertiary/aromatic N) is 1. The maximum Gasteiger partial charge on any atom is 0.339 e. The predicted octanol–water partition coefficient (Wildman–Crippen LogP) is 5.41. The fourth-order valence-electron chi connectivity index (χ4n) is 3.16. The number of urea groups is 1. The molecular formula is C23H13Br3N2O6S. The van der Waals surface area contributed by atoms with Crippen LogP contribution in [0, 0.1) is 0 Å². The van der Waals surface area contributed by atoms with Crippen LogP contribution in [0.2, 0.25) is 0 Å². The number of carbonyl (C=O) groups excluding carboxylic acids is 3. The molecule has 1 fully saturated rings. The van der Waals surface area contributed by atoms with E-state index in [1.807, 2.05) is 0 Å². The van der Waals surface area contributed by atoms with Crippen LogP contribution in [-0.4, -0.2) is 26.3 Å².